The van der Waals surface area contributed by atoms with Gasteiger partial charge in [-0.05, 0) is 40.0 Å². The van der Waals surface area contributed by atoms with Crippen LogP contribution in [0, 0.1) is 0 Å². The summed E-state index contributed by atoms with van der Waals surface area (Å²) in [6.45, 7) is 8.30. The third-order valence-electron chi connectivity index (χ3n) is 3.51. The molecule has 15 heavy (non-hydrogen) atoms. The lowest BCUT2D eigenvalue weighted by molar-refractivity contribution is -0.144. The van der Waals surface area contributed by atoms with Gasteiger partial charge in [-0.15, -0.1) is 0 Å². The molecule has 1 N–H and O–H groups in total. The summed E-state index contributed by atoms with van der Waals surface area (Å²) in [6, 6.07) is 0.371. The Balaban J connectivity index is 2.02. The molecule has 0 amide bonds. The Morgan fingerprint density at radius 3 is 2.60 bits per heavy atom. The number of nitrogens with zero attached hydrogens (tertiary/aromatic N) is 1. The molecular formula is C12H23NO2. The Labute approximate surface area is 92.4 Å². The molecule has 1 aliphatic carbocycles. The van der Waals surface area contributed by atoms with Crippen molar-refractivity contribution < 1.29 is 9.84 Å². The molecule has 3 atom stereocenters. The van der Waals surface area contributed by atoms with Crippen LogP contribution in [0.5, 0.6) is 0 Å². The maximum absolute atomic E-state index is 9.92. The van der Waals surface area contributed by atoms with E-state index in [1.807, 2.05) is 0 Å². The Morgan fingerprint density at radius 1 is 1.33 bits per heavy atom. The molecule has 1 heterocycles. The Hall–Kier alpha value is -0.120. The van der Waals surface area contributed by atoms with Crippen molar-refractivity contribution in [3.8, 4) is 0 Å². The monoisotopic (exact) mass is 213 g/mol. The zero-order valence-corrected chi connectivity index (χ0v) is 10.1. The number of morpholine rings is 1. The fourth-order valence-electron chi connectivity index (χ4n) is 3.10. The molecule has 0 radical (unpaired) electrons. The van der Waals surface area contributed by atoms with Crippen molar-refractivity contribution >= 4 is 0 Å². The fraction of sp³-hybridized carbons (Fsp3) is 1.00. The van der Waals surface area contributed by atoms with Gasteiger partial charge in [0.1, 0.15) is 0 Å². The van der Waals surface area contributed by atoms with E-state index in [4.69, 9.17) is 4.74 Å². The predicted molar refractivity (Wildman–Crippen MR) is 59.8 cm³/mol. The van der Waals surface area contributed by atoms with Crippen molar-refractivity contribution in [1.82, 2.24) is 4.90 Å². The molecule has 2 aliphatic rings. The molecule has 3 unspecified atom stereocenters. The lowest BCUT2D eigenvalue weighted by Crippen LogP contribution is -2.56. The summed E-state index contributed by atoms with van der Waals surface area (Å²) >= 11 is 0. The number of hydrogen-bond donors (Lipinski definition) is 1. The van der Waals surface area contributed by atoms with E-state index in [2.05, 4.69) is 25.7 Å². The van der Waals surface area contributed by atoms with Gasteiger partial charge in [-0.25, -0.2) is 0 Å². The zero-order valence-electron chi connectivity index (χ0n) is 10.1. The van der Waals surface area contributed by atoms with Gasteiger partial charge in [0.15, 0.2) is 0 Å². The van der Waals surface area contributed by atoms with Crippen LogP contribution in [0.3, 0.4) is 0 Å². The molecule has 0 bridgehead atoms. The number of aliphatic hydroxyl groups excluding tert-OH is 1. The predicted octanol–water partition coefficient (Wildman–Crippen LogP) is 1.40. The van der Waals surface area contributed by atoms with Gasteiger partial charge in [0, 0.05) is 19.1 Å². The average Bonchev–Trinajstić information content (AvgIpc) is 2.47. The van der Waals surface area contributed by atoms with Gasteiger partial charge >= 0.3 is 0 Å². The summed E-state index contributed by atoms with van der Waals surface area (Å²) in [7, 11) is 0. The number of hydrogen-bond acceptors (Lipinski definition) is 3. The van der Waals surface area contributed by atoms with Crippen molar-refractivity contribution in [2.24, 2.45) is 0 Å². The van der Waals surface area contributed by atoms with Crippen molar-refractivity contribution in [3.05, 3.63) is 0 Å². The standard InChI is InChI=1S/C12H23NO2/c1-9-7-13(8-12(2,3)15-9)10-5-4-6-11(10)14/h9-11,14H,4-8H2,1-3H3. The average molecular weight is 213 g/mol. The highest BCUT2D eigenvalue weighted by molar-refractivity contribution is 4.91. The van der Waals surface area contributed by atoms with Gasteiger partial charge < -0.3 is 9.84 Å². The Morgan fingerprint density at radius 2 is 2.07 bits per heavy atom. The molecule has 2 fully saturated rings. The van der Waals surface area contributed by atoms with Crippen molar-refractivity contribution in [2.75, 3.05) is 13.1 Å². The highest BCUT2D eigenvalue weighted by Gasteiger charge is 2.38. The van der Waals surface area contributed by atoms with E-state index in [0.717, 1.165) is 32.4 Å². The first kappa shape index (κ1) is 11.4. The number of aliphatic hydroxyl groups is 1. The topological polar surface area (TPSA) is 32.7 Å². The van der Waals surface area contributed by atoms with Crippen molar-refractivity contribution in [1.29, 1.82) is 0 Å². The van der Waals surface area contributed by atoms with Crippen molar-refractivity contribution in [3.63, 3.8) is 0 Å². The summed E-state index contributed by atoms with van der Waals surface area (Å²) in [6.07, 6.45) is 3.44. The van der Waals surface area contributed by atoms with Gasteiger partial charge in [-0.1, -0.05) is 0 Å². The van der Waals surface area contributed by atoms with E-state index >= 15 is 0 Å². The molecule has 2 rings (SSSR count). The van der Waals surface area contributed by atoms with Gasteiger partial charge in [0.2, 0.25) is 0 Å². The Kier molecular flexibility index (Phi) is 3.06. The summed E-state index contributed by atoms with van der Waals surface area (Å²) in [4.78, 5) is 2.42. The van der Waals surface area contributed by atoms with Gasteiger partial charge in [0.05, 0.1) is 17.8 Å². The van der Waals surface area contributed by atoms with E-state index in [-0.39, 0.29) is 17.8 Å². The quantitative estimate of drug-likeness (QED) is 0.714. The summed E-state index contributed by atoms with van der Waals surface area (Å²) in [5.74, 6) is 0. The molecular weight excluding hydrogens is 190 g/mol. The first-order chi connectivity index (χ1) is 6.98. The maximum atomic E-state index is 9.92. The van der Waals surface area contributed by atoms with Crippen LogP contribution in [-0.4, -0.2) is 46.9 Å². The van der Waals surface area contributed by atoms with E-state index in [1.54, 1.807) is 0 Å². The van der Waals surface area contributed by atoms with Crippen LogP contribution in [0.25, 0.3) is 0 Å². The first-order valence-corrected chi connectivity index (χ1v) is 6.08. The number of ether oxygens (including phenoxy) is 1. The largest absolute Gasteiger partial charge is 0.391 e. The normalized spacial score (nSPS) is 42.0. The zero-order chi connectivity index (χ0) is 11.1. The highest BCUT2D eigenvalue weighted by Crippen LogP contribution is 2.29. The van der Waals surface area contributed by atoms with Crippen LogP contribution in [-0.2, 0) is 4.74 Å². The van der Waals surface area contributed by atoms with Gasteiger partial charge in [-0.3, -0.25) is 4.90 Å². The van der Waals surface area contributed by atoms with E-state index in [9.17, 15) is 5.11 Å². The van der Waals surface area contributed by atoms with E-state index < -0.39 is 0 Å². The molecule has 3 heteroatoms. The van der Waals surface area contributed by atoms with Crippen LogP contribution in [0.15, 0.2) is 0 Å². The summed E-state index contributed by atoms with van der Waals surface area (Å²) < 4.78 is 5.88. The molecule has 3 nitrogen and oxygen atoms in total. The molecule has 1 saturated carbocycles. The highest BCUT2D eigenvalue weighted by atomic mass is 16.5. The van der Waals surface area contributed by atoms with E-state index in [1.165, 1.54) is 0 Å². The third kappa shape index (κ3) is 2.52. The second-order valence-corrected chi connectivity index (χ2v) is 5.68. The minimum absolute atomic E-state index is 0.0695. The molecule has 0 spiro atoms. The van der Waals surface area contributed by atoms with Crippen molar-refractivity contribution in [2.45, 2.75) is 63.9 Å². The fourth-order valence-corrected chi connectivity index (χ4v) is 3.10. The van der Waals surface area contributed by atoms with Crippen LogP contribution in [0.4, 0.5) is 0 Å². The summed E-state index contributed by atoms with van der Waals surface area (Å²) in [5.41, 5.74) is -0.0695. The molecule has 88 valence electrons. The summed E-state index contributed by atoms with van der Waals surface area (Å²) in [5, 5.41) is 9.92. The third-order valence-corrected chi connectivity index (χ3v) is 3.51. The lowest BCUT2D eigenvalue weighted by atomic mass is 10.0. The molecule has 1 saturated heterocycles. The van der Waals surface area contributed by atoms with E-state index in [0.29, 0.717) is 6.04 Å². The SMILES string of the molecule is CC1CN(C2CCCC2O)CC(C)(C)O1. The Bertz CT molecular complexity index is 230. The minimum Gasteiger partial charge on any atom is -0.391 e. The minimum atomic E-state index is -0.119. The number of rotatable bonds is 1. The second-order valence-electron chi connectivity index (χ2n) is 5.68. The van der Waals surface area contributed by atoms with Gasteiger partial charge in [0.25, 0.3) is 0 Å². The molecule has 0 aromatic rings. The van der Waals surface area contributed by atoms with Crippen LogP contribution >= 0.6 is 0 Å². The maximum Gasteiger partial charge on any atom is 0.0757 e. The molecule has 0 aromatic heterocycles. The van der Waals surface area contributed by atoms with Crippen LogP contribution in [0.2, 0.25) is 0 Å². The van der Waals surface area contributed by atoms with Crippen LogP contribution < -0.4 is 0 Å². The van der Waals surface area contributed by atoms with Crippen LogP contribution in [0.1, 0.15) is 40.0 Å². The molecule has 0 aromatic carbocycles. The lowest BCUT2D eigenvalue weighted by Gasteiger charge is -2.45. The van der Waals surface area contributed by atoms with Gasteiger partial charge in [-0.2, -0.15) is 0 Å². The second kappa shape index (κ2) is 4.04. The first-order valence-electron chi connectivity index (χ1n) is 6.08. The molecule has 1 aliphatic heterocycles. The smallest absolute Gasteiger partial charge is 0.0757 e.